The Hall–Kier alpha value is -1.47. The molecule has 1 aromatic carbocycles. The maximum atomic E-state index is 12.7. The van der Waals surface area contributed by atoms with Gasteiger partial charge in [-0.15, -0.1) is 0 Å². The summed E-state index contributed by atoms with van der Waals surface area (Å²) in [5.41, 5.74) is -0.567. The molecule has 2 rings (SSSR count). The number of aryl methyl sites for hydroxylation is 1. The predicted molar refractivity (Wildman–Crippen MR) is 77.5 cm³/mol. The summed E-state index contributed by atoms with van der Waals surface area (Å²) in [6.45, 7) is 0. The van der Waals surface area contributed by atoms with E-state index in [1.807, 2.05) is 0 Å². The van der Waals surface area contributed by atoms with Crippen molar-refractivity contribution in [3.05, 3.63) is 51.2 Å². The minimum absolute atomic E-state index is 0.0344. The molecule has 1 N–H and O–H groups in total. The Morgan fingerprint density at radius 1 is 1.33 bits per heavy atom. The van der Waals surface area contributed by atoms with Crippen LogP contribution in [0.4, 0.5) is 18.9 Å². The molecule has 2 aromatic rings. The van der Waals surface area contributed by atoms with Gasteiger partial charge in [0.1, 0.15) is 5.69 Å². The zero-order chi connectivity index (χ0) is 15.8. The lowest BCUT2D eigenvalue weighted by Crippen LogP contribution is -2.16. The van der Waals surface area contributed by atoms with E-state index >= 15 is 0 Å². The number of carbonyl (C=O) groups is 1. The number of hydrogen-bond donors (Lipinski definition) is 1. The lowest BCUT2D eigenvalue weighted by Gasteiger charge is -2.12. The van der Waals surface area contributed by atoms with Crippen LogP contribution >= 0.6 is 27.5 Å². The van der Waals surface area contributed by atoms with Crippen molar-refractivity contribution in [3.8, 4) is 0 Å². The first-order chi connectivity index (χ1) is 9.68. The summed E-state index contributed by atoms with van der Waals surface area (Å²) >= 11 is 8.88. The fourth-order valence-electron chi connectivity index (χ4n) is 1.73. The second-order valence-electron chi connectivity index (χ2n) is 4.30. The number of nitrogens with zero attached hydrogens (tertiary/aromatic N) is 1. The van der Waals surface area contributed by atoms with Gasteiger partial charge in [0.2, 0.25) is 0 Å². The van der Waals surface area contributed by atoms with Gasteiger partial charge in [0, 0.05) is 17.7 Å². The van der Waals surface area contributed by atoms with E-state index in [9.17, 15) is 18.0 Å². The highest BCUT2D eigenvalue weighted by molar-refractivity contribution is 9.10. The van der Waals surface area contributed by atoms with E-state index in [1.165, 1.54) is 22.9 Å². The van der Waals surface area contributed by atoms with E-state index in [0.717, 1.165) is 12.1 Å². The Labute approximate surface area is 131 Å². The van der Waals surface area contributed by atoms with Crippen LogP contribution in [0.5, 0.6) is 0 Å². The lowest BCUT2D eigenvalue weighted by molar-refractivity contribution is -0.137. The third-order valence-corrected chi connectivity index (χ3v) is 3.64. The molecule has 112 valence electrons. The quantitative estimate of drug-likeness (QED) is 0.803. The first-order valence-corrected chi connectivity index (χ1v) is 6.85. The van der Waals surface area contributed by atoms with E-state index in [1.54, 1.807) is 7.05 Å². The van der Waals surface area contributed by atoms with Crippen LogP contribution < -0.4 is 5.32 Å². The Morgan fingerprint density at radius 3 is 2.52 bits per heavy atom. The highest BCUT2D eigenvalue weighted by Crippen LogP contribution is 2.34. The molecular formula is C13H9BrClF3N2O. The molecule has 0 bridgehead atoms. The minimum atomic E-state index is -4.48. The van der Waals surface area contributed by atoms with Gasteiger partial charge >= 0.3 is 6.18 Å². The van der Waals surface area contributed by atoms with Crippen molar-refractivity contribution >= 4 is 39.1 Å². The van der Waals surface area contributed by atoms with Crippen molar-refractivity contribution < 1.29 is 18.0 Å². The molecule has 0 fully saturated rings. The van der Waals surface area contributed by atoms with Gasteiger partial charge < -0.3 is 9.88 Å². The van der Waals surface area contributed by atoms with Gasteiger partial charge in [-0.2, -0.15) is 13.2 Å². The Balaban J connectivity index is 2.31. The van der Waals surface area contributed by atoms with Crippen LogP contribution in [0.25, 0.3) is 0 Å². The van der Waals surface area contributed by atoms with E-state index < -0.39 is 17.6 Å². The number of halogens is 5. The molecule has 21 heavy (non-hydrogen) atoms. The number of anilines is 1. The van der Waals surface area contributed by atoms with Gasteiger partial charge in [0.15, 0.2) is 0 Å². The molecule has 0 aliphatic heterocycles. The lowest BCUT2D eigenvalue weighted by atomic mass is 10.2. The minimum Gasteiger partial charge on any atom is -0.345 e. The van der Waals surface area contributed by atoms with Crippen molar-refractivity contribution in [3.63, 3.8) is 0 Å². The molecule has 1 aromatic heterocycles. The van der Waals surface area contributed by atoms with Crippen molar-refractivity contribution in [1.82, 2.24) is 4.57 Å². The fourth-order valence-corrected chi connectivity index (χ4v) is 2.33. The highest BCUT2D eigenvalue weighted by Gasteiger charge is 2.31. The topological polar surface area (TPSA) is 34.0 Å². The average Bonchev–Trinajstić information content (AvgIpc) is 2.70. The molecule has 0 unspecified atom stereocenters. The van der Waals surface area contributed by atoms with Crippen molar-refractivity contribution in [1.29, 1.82) is 0 Å². The first kappa shape index (κ1) is 15.9. The molecular weight excluding hydrogens is 373 g/mol. The smallest absolute Gasteiger partial charge is 0.345 e. The van der Waals surface area contributed by atoms with Gasteiger partial charge in [-0.1, -0.05) is 11.6 Å². The Bertz CT molecular complexity index is 697. The van der Waals surface area contributed by atoms with Crippen LogP contribution in [0.2, 0.25) is 5.02 Å². The number of nitrogens with one attached hydrogen (secondary N) is 1. The number of amides is 1. The Morgan fingerprint density at radius 2 is 2.00 bits per heavy atom. The summed E-state index contributed by atoms with van der Waals surface area (Å²) in [6, 6.07) is 4.46. The van der Waals surface area contributed by atoms with Crippen LogP contribution in [0.3, 0.4) is 0 Å². The maximum absolute atomic E-state index is 12.7. The summed E-state index contributed by atoms with van der Waals surface area (Å²) in [5, 5.41) is 2.79. The maximum Gasteiger partial charge on any atom is 0.416 e. The molecule has 0 spiro atoms. The van der Waals surface area contributed by atoms with Gasteiger partial charge in [0.05, 0.1) is 16.3 Å². The first-order valence-electron chi connectivity index (χ1n) is 5.68. The summed E-state index contributed by atoms with van der Waals surface area (Å²) in [7, 11) is 1.61. The summed E-state index contributed by atoms with van der Waals surface area (Å²) in [6.07, 6.45) is -2.95. The van der Waals surface area contributed by atoms with Crippen molar-refractivity contribution in [2.45, 2.75) is 6.18 Å². The predicted octanol–water partition coefficient (Wildman–Crippen LogP) is 4.71. The average molecular weight is 382 g/mol. The monoisotopic (exact) mass is 380 g/mol. The second-order valence-corrected chi connectivity index (χ2v) is 5.59. The van der Waals surface area contributed by atoms with Crippen LogP contribution in [0.15, 0.2) is 34.9 Å². The standard InChI is InChI=1S/C13H9BrClF3N2O/c1-20-6-8(15)5-11(20)12(21)19-10-4-7(13(16,17)18)2-3-9(10)14/h2-6H,1H3,(H,19,21). The van der Waals surface area contributed by atoms with Crippen LogP contribution in [0, 0.1) is 0 Å². The molecule has 0 aliphatic carbocycles. The fraction of sp³-hybridized carbons (Fsp3) is 0.154. The second kappa shape index (κ2) is 5.73. The summed E-state index contributed by atoms with van der Waals surface area (Å²) in [5.74, 6) is -0.551. The number of benzene rings is 1. The number of carbonyl (C=O) groups excluding carboxylic acids is 1. The van der Waals surface area contributed by atoms with Gasteiger partial charge in [-0.25, -0.2) is 0 Å². The number of aromatic nitrogens is 1. The van der Waals surface area contributed by atoms with Crippen molar-refractivity contribution in [2.75, 3.05) is 5.32 Å². The van der Waals surface area contributed by atoms with Crippen molar-refractivity contribution in [2.24, 2.45) is 7.05 Å². The largest absolute Gasteiger partial charge is 0.416 e. The molecule has 3 nitrogen and oxygen atoms in total. The molecule has 0 radical (unpaired) electrons. The van der Waals surface area contributed by atoms with E-state index in [-0.39, 0.29) is 11.4 Å². The third kappa shape index (κ3) is 3.59. The number of alkyl halides is 3. The molecule has 0 aliphatic rings. The number of rotatable bonds is 2. The summed E-state index contributed by atoms with van der Waals surface area (Å²) in [4.78, 5) is 12.1. The van der Waals surface area contributed by atoms with Crippen LogP contribution in [0.1, 0.15) is 16.1 Å². The molecule has 8 heteroatoms. The van der Waals surface area contributed by atoms with Crippen LogP contribution in [-0.2, 0) is 13.2 Å². The zero-order valence-corrected chi connectivity index (χ0v) is 13.0. The normalized spacial score (nSPS) is 11.5. The summed E-state index contributed by atoms with van der Waals surface area (Å²) < 4.78 is 39.9. The molecule has 0 saturated heterocycles. The molecule has 0 saturated carbocycles. The SMILES string of the molecule is Cn1cc(Cl)cc1C(=O)Nc1cc(C(F)(F)F)ccc1Br. The molecule has 0 atom stereocenters. The van der Waals surface area contributed by atoms with Crippen LogP contribution in [-0.4, -0.2) is 10.5 Å². The van der Waals surface area contributed by atoms with E-state index in [4.69, 9.17) is 11.6 Å². The molecule has 1 amide bonds. The van der Waals surface area contributed by atoms with E-state index in [0.29, 0.717) is 9.50 Å². The van der Waals surface area contributed by atoms with Gasteiger partial charge in [-0.3, -0.25) is 4.79 Å². The zero-order valence-electron chi connectivity index (χ0n) is 10.6. The number of hydrogen-bond acceptors (Lipinski definition) is 1. The Kier molecular flexibility index (Phi) is 4.34. The molecule has 1 heterocycles. The van der Waals surface area contributed by atoms with Gasteiger partial charge in [0.25, 0.3) is 5.91 Å². The van der Waals surface area contributed by atoms with Gasteiger partial charge in [-0.05, 0) is 40.2 Å². The third-order valence-electron chi connectivity index (χ3n) is 2.75. The highest BCUT2D eigenvalue weighted by atomic mass is 79.9. The van der Waals surface area contributed by atoms with E-state index in [2.05, 4.69) is 21.2 Å².